The Kier molecular flexibility index (Phi) is 5.87. The van der Waals surface area contributed by atoms with Crippen molar-refractivity contribution >= 4 is 11.9 Å². The Balaban J connectivity index is 3.98. The Bertz CT molecular complexity index is 206. The Hall–Kier alpha value is -1.10. The van der Waals surface area contributed by atoms with Crippen LogP contribution < -0.4 is 11.1 Å². The van der Waals surface area contributed by atoms with Crippen LogP contribution in [-0.2, 0) is 14.3 Å². The number of rotatable bonds is 5. The van der Waals surface area contributed by atoms with Gasteiger partial charge in [0, 0.05) is 0 Å². The molecule has 0 bridgehead atoms. The Morgan fingerprint density at radius 1 is 1.50 bits per heavy atom. The van der Waals surface area contributed by atoms with Crippen molar-refractivity contribution in [2.24, 2.45) is 5.73 Å². The smallest absolute Gasteiger partial charge is 0.328 e. The molecular weight excluding hydrogens is 184 g/mol. The van der Waals surface area contributed by atoms with Crippen LogP contribution in [0.2, 0.25) is 0 Å². The van der Waals surface area contributed by atoms with E-state index >= 15 is 0 Å². The van der Waals surface area contributed by atoms with Gasteiger partial charge in [0.2, 0.25) is 5.91 Å². The van der Waals surface area contributed by atoms with E-state index in [4.69, 9.17) is 5.73 Å². The fraction of sp³-hybridized carbons (Fsp3) is 0.778. The maximum absolute atomic E-state index is 11.3. The van der Waals surface area contributed by atoms with Gasteiger partial charge in [0.05, 0.1) is 13.2 Å². The van der Waals surface area contributed by atoms with Crippen molar-refractivity contribution in [2.75, 3.05) is 7.11 Å². The number of carbonyl (C=O) groups is 2. The van der Waals surface area contributed by atoms with Crippen molar-refractivity contribution in [1.29, 1.82) is 0 Å². The molecule has 0 aliphatic rings. The van der Waals surface area contributed by atoms with Gasteiger partial charge in [0.15, 0.2) is 0 Å². The van der Waals surface area contributed by atoms with Gasteiger partial charge in [-0.2, -0.15) is 0 Å². The van der Waals surface area contributed by atoms with E-state index in [1.807, 2.05) is 6.92 Å². The monoisotopic (exact) mass is 202 g/mol. The average molecular weight is 202 g/mol. The van der Waals surface area contributed by atoms with Gasteiger partial charge in [-0.15, -0.1) is 0 Å². The van der Waals surface area contributed by atoms with E-state index in [-0.39, 0.29) is 5.91 Å². The highest BCUT2D eigenvalue weighted by atomic mass is 16.5. The highest BCUT2D eigenvalue weighted by molar-refractivity contribution is 5.87. The summed E-state index contributed by atoms with van der Waals surface area (Å²) in [6.07, 6.45) is 1.45. The molecule has 5 heteroatoms. The third kappa shape index (κ3) is 4.23. The lowest BCUT2D eigenvalue weighted by molar-refractivity contribution is -0.144. The Labute approximate surface area is 84.0 Å². The van der Waals surface area contributed by atoms with E-state index in [2.05, 4.69) is 10.1 Å². The molecular formula is C9H18N2O3. The second-order valence-electron chi connectivity index (χ2n) is 3.15. The maximum atomic E-state index is 11.3. The zero-order valence-electron chi connectivity index (χ0n) is 8.87. The molecule has 0 heterocycles. The molecule has 0 aromatic carbocycles. The molecule has 3 N–H and O–H groups in total. The number of nitrogens with two attached hydrogens (primary N) is 1. The Morgan fingerprint density at radius 3 is 2.50 bits per heavy atom. The van der Waals surface area contributed by atoms with Gasteiger partial charge in [-0.3, -0.25) is 4.79 Å². The molecule has 0 aromatic rings. The van der Waals surface area contributed by atoms with E-state index in [0.29, 0.717) is 6.42 Å². The quantitative estimate of drug-likeness (QED) is 0.604. The SMILES string of the molecule is CCC[C@@H](N)C(=O)N[C@@H](C)C(=O)OC. The van der Waals surface area contributed by atoms with Crippen molar-refractivity contribution in [3.8, 4) is 0 Å². The molecule has 0 spiro atoms. The predicted molar refractivity (Wildman–Crippen MR) is 52.5 cm³/mol. The van der Waals surface area contributed by atoms with Crippen LogP contribution in [0.4, 0.5) is 0 Å². The number of hydrogen-bond acceptors (Lipinski definition) is 4. The van der Waals surface area contributed by atoms with Crippen LogP contribution in [0.25, 0.3) is 0 Å². The largest absolute Gasteiger partial charge is 0.467 e. The van der Waals surface area contributed by atoms with Crippen molar-refractivity contribution < 1.29 is 14.3 Å². The number of ether oxygens (including phenoxy) is 1. The van der Waals surface area contributed by atoms with Gasteiger partial charge in [-0.05, 0) is 13.3 Å². The van der Waals surface area contributed by atoms with Crippen molar-refractivity contribution in [1.82, 2.24) is 5.32 Å². The average Bonchev–Trinajstić information content (AvgIpc) is 2.16. The third-order valence-electron chi connectivity index (χ3n) is 1.85. The zero-order chi connectivity index (χ0) is 11.1. The first-order valence-corrected chi connectivity index (χ1v) is 4.66. The van der Waals surface area contributed by atoms with Gasteiger partial charge in [-0.1, -0.05) is 13.3 Å². The molecule has 0 rings (SSSR count). The minimum atomic E-state index is -0.643. The van der Waals surface area contributed by atoms with E-state index < -0.39 is 18.1 Å². The predicted octanol–water partition coefficient (Wildman–Crippen LogP) is -0.208. The molecule has 0 unspecified atom stereocenters. The molecule has 5 nitrogen and oxygen atoms in total. The highest BCUT2D eigenvalue weighted by Crippen LogP contribution is 1.94. The van der Waals surface area contributed by atoms with Gasteiger partial charge >= 0.3 is 5.97 Å². The molecule has 0 aliphatic heterocycles. The van der Waals surface area contributed by atoms with Crippen LogP contribution >= 0.6 is 0 Å². The fourth-order valence-corrected chi connectivity index (χ4v) is 0.998. The standard InChI is InChI=1S/C9H18N2O3/c1-4-5-7(10)8(12)11-6(2)9(13)14-3/h6-7H,4-5,10H2,1-3H3,(H,11,12)/t6-,7+/m0/s1. The number of methoxy groups -OCH3 is 1. The third-order valence-corrected chi connectivity index (χ3v) is 1.85. The molecule has 82 valence electrons. The summed E-state index contributed by atoms with van der Waals surface area (Å²) in [6.45, 7) is 3.50. The lowest BCUT2D eigenvalue weighted by Gasteiger charge is -2.15. The van der Waals surface area contributed by atoms with Crippen LogP contribution in [0.5, 0.6) is 0 Å². The van der Waals surface area contributed by atoms with Crippen LogP contribution in [0.1, 0.15) is 26.7 Å². The normalized spacial score (nSPS) is 14.3. The van der Waals surface area contributed by atoms with Crippen molar-refractivity contribution in [3.05, 3.63) is 0 Å². The van der Waals surface area contributed by atoms with Crippen LogP contribution in [0.3, 0.4) is 0 Å². The second-order valence-corrected chi connectivity index (χ2v) is 3.15. The van der Waals surface area contributed by atoms with E-state index in [1.54, 1.807) is 6.92 Å². The summed E-state index contributed by atoms with van der Waals surface area (Å²) < 4.78 is 4.46. The molecule has 0 fully saturated rings. The number of hydrogen-bond donors (Lipinski definition) is 2. The summed E-state index contributed by atoms with van der Waals surface area (Å²) in [5.41, 5.74) is 5.55. The topological polar surface area (TPSA) is 81.4 Å². The number of esters is 1. The maximum Gasteiger partial charge on any atom is 0.328 e. The van der Waals surface area contributed by atoms with Gasteiger partial charge in [0.1, 0.15) is 6.04 Å². The molecule has 0 saturated carbocycles. The summed E-state index contributed by atoms with van der Waals surface area (Å²) in [5.74, 6) is -0.785. The molecule has 2 atom stereocenters. The molecule has 0 saturated heterocycles. The van der Waals surface area contributed by atoms with E-state index in [9.17, 15) is 9.59 Å². The Morgan fingerprint density at radius 2 is 2.07 bits per heavy atom. The summed E-state index contributed by atoms with van der Waals surface area (Å²) >= 11 is 0. The fourth-order valence-electron chi connectivity index (χ4n) is 0.998. The molecule has 0 aromatic heterocycles. The number of amides is 1. The molecule has 14 heavy (non-hydrogen) atoms. The summed E-state index contributed by atoms with van der Waals surface area (Å²) in [6, 6.07) is -1.19. The molecule has 0 aliphatic carbocycles. The van der Waals surface area contributed by atoms with Crippen molar-refractivity contribution in [3.63, 3.8) is 0 Å². The zero-order valence-corrected chi connectivity index (χ0v) is 8.87. The van der Waals surface area contributed by atoms with E-state index in [0.717, 1.165) is 6.42 Å². The minimum absolute atomic E-state index is 0.315. The van der Waals surface area contributed by atoms with Crippen LogP contribution in [-0.4, -0.2) is 31.1 Å². The summed E-state index contributed by atoms with van der Waals surface area (Å²) in [5, 5.41) is 2.48. The summed E-state index contributed by atoms with van der Waals surface area (Å²) in [7, 11) is 1.27. The van der Waals surface area contributed by atoms with Crippen LogP contribution in [0.15, 0.2) is 0 Å². The highest BCUT2D eigenvalue weighted by Gasteiger charge is 2.19. The first kappa shape index (κ1) is 12.9. The van der Waals surface area contributed by atoms with Crippen LogP contribution in [0, 0.1) is 0 Å². The molecule has 1 amide bonds. The lowest BCUT2D eigenvalue weighted by Crippen LogP contribution is -2.47. The number of carbonyl (C=O) groups excluding carboxylic acids is 2. The first-order chi connectivity index (χ1) is 6.52. The lowest BCUT2D eigenvalue weighted by atomic mass is 10.1. The van der Waals surface area contributed by atoms with E-state index in [1.165, 1.54) is 7.11 Å². The van der Waals surface area contributed by atoms with Gasteiger partial charge in [-0.25, -0.2) is 4.79 Å². The second kappa shape index (κ2) is 6.37. The van der Waals surface area contributed by atoms with Gasteiger partial charge in [0.25, 0.3) is 0 Å². The first-order valence-electron chi connectivity index (χ1n) is 4.66. The summed E-state index contributed by atoms with van der Waals surface area (Å²) in [4.78, 5) is 22.3. The number of nitrogens with one attached hydrogen (secondary N) is 1. The van der Waals surface area contributed by atoms with Crippen molar-refractivity contribution in [2.45, 2.75) is 38.8 Å². The molecule has 0 radical (unpaired) electrons. The van der Waals surface area contributed by atoms with Gasteiger partial charge < -0.3 is 15.8 Å². The minimum Gasteiger partial charge on any atom is -0.467 e.